The Hall–Kier alpha value is -4.25. The number of fused-ring (bicyclic) bond motifs is 1. The molecule has 0 atom stereocenters. The molecular weight excluding hydrogens is 522 g/mol. The molecule has 206 valence electrons. The number of nitrogens with zero attached hydrogens (tertiary/aromatic N) is 6. The van der Waals surface area contributed by atoms with E-state index in [1.807, 2.05) is 0 Å². The Labute approximate surface area is 220 Å². The highest BCUT2D eigenvalue weighted by Crippen LogP contribution is 2.32. The zero-order chi connectivity index (χ0) is 28.2. The van der Waals surface area contributed by atoms with Gasteiger partial charge in [-0.05, 0) is 25.0 Å². The number of aromatic nitrogens is 3. The first kappa shape index (κ1) is 27.8. The molecule has 5 rings (SSSR count). The third-order valence-corrected chi connectivity index (χ3v) is 6.16. The second-order valence-electron chi connectivity index (χ2n) is 8.98. The number of hydrogen-bond donors (Lipinski definition) is 2. The number of piperazine rings is 1. The second kappa shape index (κ2) is 11.6. The summed E-state index contributed by atoms with van der Waals surface area (Å²) in [5.74, 6) is -0.978. The van der Waals surface area contributed by atoms with Crippen molar-refractivity contribution in [2.45, 2.75) is 31.6 Å². The van der Waals surface area contributed by atoms with Crippen molar-refractivity contribution in [3.63, 3.8) is 0 Å². The number of carboxylic acid groups (broad SMARTS) is 1. The van der Waals surface area contributed by atoms with Crippen LogP contribution in [-0.2, 0) is 11.3 Å². The van der Waals surface area contributed by atoms with Crippen LogP contribution in [0.15, 0.2) is 30.5 Å². The highest BCUT2D eigenvalue weighted by molar-refractivity contribution is 5.84. The minimum atomic E-state index is -5.08. The summed E-state index contributed by atoms with van der Waals surface area (Å²) >= 11 is 0. The molecule has 1 saturated carbocycles. The van der Waals surface area contributed by atoms with Crippen molar-refractivity contribution in [3.8, 4) is 11.8 Å². The molecule has 0 bridgehead atoms. The number of carbonyl (C=O) groups is 1. The lowest BCUT2D eigenvalue weighted by Crippen LogP contribution is -2.46. The van der Waals surface area contributed by atoms with E-state index in [1.54, 1.807) is 24.4 Å². The van der Waals surface area contributed by atoms with E-state index in [1.165, 1.54) is 13.2 Å². The number of nitriles is 1. The van der Waals surface area contributed by atoms with Gasteiger partial charge in [0.15, 0.2) is 17.3 Å². The Kier molecular flexibility index (Phi) is 8.29. The first-order valence-corrected chi connectivity index (χ1v) is 12.0. The summed E-state index contributed by atoms with van der Waals surface area (Å²) in [6.07, 6.45) is -1.24. The van der Waals surface area contributed by atoms with E-state index in [4.69, 9.17) is 24.6 Å². The summed E-state index contributed by atoms with van der Waals surface area (Å²) in [4.78, 5) is 27.0. The monoisotopic (exact) mass is 547 g/mol. The van der Waals surface area contributed by atoms with E-state index in [0.717, 1.165) is 50.7 Å². The van der Waals surface area contributed by atoms with Crippen LogP contribution in [0.3, 0.4) is 0 Å². The van der Waals surface area contributed by atoms with Crippen molar-refractivity contribution < 1.29 is 32.2 Å². The lowest BCUT2D eigenvalue weighted by Gasteiger charge is -2.36. The second-order valence-corrected chi connectivity index (χ2v) is 8.98. The van der Waals surface area contributed by atoms with Gasteiger partial charge in [0.2, 0.25) is 0 Å². The van der Waals surface area contributed by atoms with Gasteiger partial charge < -0.3 is 20.1 Å². The standard InChI is InChI=1S/C23H24FN7O.C2HF3O2/c1-32-17-5-2-15(18(24)12-17)14-30-8-10-31(11-9-30)23-22(27-16-3-4-16)28-19-6-7-26-20(13-25)21(19)29-23;3-2(4,5)1(6)7/h2,5-7,12,16H,3-4,8-11,14H2,1H3,(H,27,28);(H,6,7). The van der Waals surface area contributed by atoms with Crippen molar-refractivity contribution in [1.29, 1.82) is 5.26 Å². The van der Waals surface area contributed by atoms with Crippen molar-refractivity contribution in [1.82, 2.24) is 19.9 Å². The van der Waals surface area contributed by atoms with Crippen molar-refractivity contribution in [2.75, 3.05) is 43.5 Å². The summed E-state index contributed by atoms with van der Waals surface area (Å²) in [7, 11) is 1.53. The van der Waals surface area contributed by atoms with Gasteiger partial charge in [-0.2, -0.15) is 18.4 Å². The van der Waals surface area contributed by atoms with E-state index in [0.29, 0.717) is 34.9 Å². The van der Waals surface area contributed by atoms with Gasteiger partial charge in [-0.3, -0.25) is 4.90 Å². The number of hydrogen-bond acceptors (Lipinski definition) is 9. The summed E-state index contributed by atoms with van der Waals surface area (Å²) in [5, 5.41) is 20.0. The number of pyridine rings is 1. The maximum absolute atomic E-state index is 14.4. The van der Waals surface area contributed by atoms with Gasteiger partial charge in [0.1, 0.15) is 23.2 Å². The Bertz CT molecular complexity index is 1380. The van der Waals surface area contributed by atoms with Crippen LogP contribution < -0.4 is 15.0 Å². The quantitative estimate of drug-likeness (QED) is 0.442. The highest BCUT2D eigenvalue weighted by atomic mass is 19.4. The van der Waals surface area contributed by atoms with Crippen LogP contribution in [0.1, 0.15) is 24.1 Å². The molecule has 2 fully saturated rings. The summed E-state index contributed by atoms with van der Waals surface area (Å²) in [6, 6.07) is 9.32. The molecule has 2 aromatic heterocycles. The zero-order valence-electron chi connectivity index (χ0n) is 20.9. The van der Waals surface area contributed by atoms with Crippen LogP contribution in [0.4, 0.5) is 29.2 Å². The van der Waals surface area contributed by atoms with Gasteiger partial charge in [-0.1, -0.05) is 6.07 Å². The normalized spacial score (nSPS) is 15.7. The van der Waals surface area contributed by atoms with Crippen LogP contribution in [0.25, 0.3) is 11.0 Å². The number of benzene rings is 1. The molecule has 1 aliphatic carbocycles. The molecule has 2 aliphatic rings. The molecule has 1 saturated heterocycles. The molecule has 0 unspecified atom stereocenters. The molecule has 14 heteroatoms. The molecule has 1 aliphatic heterocycles. The molecule has 0 spiro atoms. The zero-order valence-corrected chi connectivity index (χ0v) is 20.9. The van der Waals surface area contributed by atoms with Crippen LogP contribution in [-0.4, -0.2) is 76.4 Å². The van der Waals surface area contributed by atoms with Crippen LogP contribution in [0.2, 0.25) is 0 Å². The topological polar surface area (TPSA) is 128 Å². The summed E-state index contributed by atoms with van der Waals surface area (Å²) < 4.78 is 51.2. The van der Waals surface area contributed by atoms with Crippen molar-refractivity contribution in [2.24, 2.45) is 0 Å². The number of alkyl halides is 3. The maximum Gasteiger partial charge on any atom is 0.490 e. The molecule has 1 aromatic carbocycles. The fraction of sp³-hybridized carbons (Fsp3) is 0.400. The fourth-order valence-corrected chi connectivity index (χ4v) is 3.94. The van der Waals surface area contributed by atoms with Crippen molar-refractivity contribution in [3.05, 3.63) is 47.5 Å². The Balaban J connectivity index is 0.000000448. The molecule has 3 heterocycles. The molecule has 0 radical (unpaired) electrons. The van der Waals surface area contributed by atoms with E-state index < -0.39 is 12.1 Å². The third-order valence-electron chi connectivity index (χ3n) is 6.16. The predicted octanol–water partition coefficient (Wildman–Crippen LogP) is 3.57. The van der Waals surface area contributed by atoms with Gasteiger partial charge in [0, 0.05) is 56.6 Å². The first-order chi connectivity index (χ1) is 18.6. The SMILES string of the molecule is COc1ccc(CN2CCN(c3nc4c(C#N)nccc4nc3NC3CC3)CC2)c(F)c1.O=C(O)C(F)(F)F. The third kappa shape index (κ3) is 6.99. The maximum atomic E-state index is 14.4. The van der Waals surface area contributed by atoms with E-state index in [9.17, 15) is 22.8 Å². The Morgan fingerprint density at radius 1 is 1.21 bits per heavy atom. The number of rotatable bonds is 6. The van der Waals surface area contributed by atoms with Gasteiger partial charge in [0.25, 0.3) is 0 Å². The molecule has 3 aromatic rings. The van der Waals surface area contributed by atoms with Gasteiger partial charge in [-0.25, -0.2) is 24.1 Å². The minimum Gasteiger partial charge on any atom is -0.497 e. The number of nitrogens with one attached hydrogen (secondary N) is 1. The van der Waals surface area contributed by atoms with Crippen LogP contribution >= 0.6 is 0 Å². The minimum absolute atomic E-state index is 0.250. The van der Waals surface area contributed by atoms with E-state index in [2.05, 4.69) is 26.2 Å². The number of carboxylic acids is 1. The van der Waals surface area contributed by atoms with Gasteiger partial charge >= 0.3 is 12.1 Å². The van der Waals surface area contributed by atoms with E-state index >= 15 is 0 Å². The number of methoxy groups -OCH3 is 1. The largest absolute Gasteiger partial charge is 0.497 e. The molecule has 10 nitrogen and oxygen atoms in total. The number of anilines is 2. The summed E-state index contributed by atoms with van der Waals surface area (Å²) in [5.41, 5.74) is 2.12. The lowest BCUT2D eigenvalue weighted by molar-refractivity contribution is -0.192. The number of halogens is 4. The van der Waals surface area contributed by atoms with Crippen LogP contribution in [0.5, 0.6) is 5.75 Å². The fourth-order valence-electron chi connectivity index (χ4n) is 3.94. The number of ether oxygens (including phenoxy) is 1. The Morgan fingerprint density at radius 2 is 1.90 bits per heavy atom. The average Bonchev–Trinajstić information content (AvgIpc) is 3.73. The van der Waals surface area contributed by atoms with E-state index in [-0.39, 0.29) is 11.5 Å². The molecule has 2 N–H and O–H groups in total. The average molecular weight is 548 g/mol. The molecule has 39 heavy (non-hydrogen) atoms. The number of aliphatic carboxylic acids is 1. The van der Waals surface area contributed by atoms with Gasteiger partial charge in [0.05, 0.1) is 12.6 Å². The predicted molar refractivity (Wildman–Crippen MR) is 133 cm³/mol. The lowest BCUT2D eigenvalue weighted by atomic mass is 10.1. The molecular formula is C25H25F4N7O3. The highest BCUT2D eigenvalue weighted by Gasteiger charge is 2.38. The summed E-state index contributed by atoms with van der Waals surface area (Å²) in [6.45, 7) is 3.56. The molecule has 0 amide bonds. The first-order valence-electron chi connectivity index (χ1n) is 12.0. The Morgan fingerprint density at radius 3 is 2.46 bits per heavy atom. The smallest absolute Gasteiger partial charge is 0.490 e. The van der Waals surface area contributed by atoms with Crippen LogP contribution in [0, 0.1) is 17.1 Å². The van der Waals surface area contributed by atoms with Gasteiger partial charge in [-0.15, -0.1) is 0 Å². The van der Waals surface area contributed by atoms with Crippen molar-refractivity contribution >= 4 is 28.6 Å².